The topological polar surface area (TPSA) is 245 Å². The van der Waals surface area contributed by atoms with Crippen molar-refractivity contribution in [1.82, 2.24) is 9.97 Å². The molecule has 35 heavy (non-hydrogen) atoms. The number of hydrogen-bond donors (Lipinski definition) is 4. The van der Waals surface area contributed by atoms with Crippen molar-refractivity contribution in [3.8, 4) is 0 Å². The third-order valence-corrected chi connectivity index (χ3v) is 3.58. The minimum Gasteiger partial charge on any atom is -0.635 e. The van der Waals surface area contributed by atoms with E-state index in [1.165, 1.54) is 35.7 Å². The number of nitro benzene ring substituents is 1. The summed E-state index contributed by atoms with van der Waals surface area (Å²) in [6.45, 7) is 0. The van der Waals surface area contributed by atoms with Gasteiger partial charge in [0, 0.05) is 40.7 Å². The van der Waals surface area contributed by atoms with Crippen LogP contribution in [0.2, 0.25) is 0 Å². The van der Waals surface area contributed by atoms with E-state index in [-0.39, 0.29) is 68.2 Å². The Morgan fingerprint density at radius 3 is 1.80 bits per heavy atom. The van der Waals surface area contributed by atoms with Crippen LogP contribution in [0.25, 0.3) is 21.8 Å². The minimum absolute atomic E-state index is 0. The Hall–Kier alpha value is -2.87. The normalized spacial score (nSPS) is 9.57. The summed E-state index contributed by atoms with van der Waals surface area (Å²) in [6.07, 6.45) is 0. The number of fused-ring (bicyclic) bond motifs is 2. The number of nitrogens with one attached hydrogen (secondary N) is 2. The van der Waals surface area contributed by atoms with E-state index < -0.39 is 15.3 Å². The summed E-state index contributed by atoms with van der Waals surface area (Å²) in [5.74, 6) is 0. The molecule has 2 aromatic carbocycles. The van der Waals surface area contributed by atoms with Crippen molar-refractivity contribution in [3.63, 3.8) is 0 Å². The van der Waals surface area contributed by atoms with Crippen molar-refractivity contribution in [2.24, 2.45) is 5.34 Å². The number of hydrogen-bond acceptors (Lipinski definition) is 10. The van der Waals surface area contributed by atoms with Crippen molar-refractivity contribution in [3.05, 3.63) is 102 Å². The summed E-state index contributed by atoms with van der Waals surface area (Å²) in [5, 5.41) is 21.9. The first-order chi connectivity index (χ1) is 15.9. The standard InChI is InChI=1S/C9H6N2O3.C9H7NO.K.HNO3.H2O4S/c12-9-4-1-6-5-7(11(13)14)2-3-8(6)10-9;11-9-6-5-7-3-1-2-4-8(7)10-9;;2-1-4-3;1-5(2,3)4/h1-5H,(H,10,12);1-6H,(H,10,11);;3H;(H2,1,2,3,4)/q;;+1;;/p-1. The van der Waals surface area contributed by atoms with E-state index in [9.17, 15) is 19.7 Å². The summed E-state index contributed by atoms with van der Waals surface area (Å²) in [4.78, 5) is 47.8. The van der Waals surface area contributed by atoms with Crippen LogP contribution in [-0.4, -0.2) is 32.4 Å². The van der Waals surface area contributed by atoms with Gasteiger partial charge in [0.05, 0.1) is 4.92 Å². The quantitative estimate of drug-likeness (QED) is 0.0562. The summed E-state index contributed by atoms with van der Waals surface area (Å²) >= 11 is 0. The number of para-hydroxylation sites is 1. The van der Waals surface area contributed by atoms with Gasteiger partial charge >= 0.3 is 61.8 Å². The van der Waals surface area contributed by atoms with E-state index in [0.717, 1.165) is 10.9 Å². The monoisotopic (exact) mass is 534 g/mol. The molecule has 0 atom stereocenters. The average molecular weight is 535 g/mol. The second-order valence-electron chi connectivity index (χ2n) is 5.86. The van der Waals surface area contributed by atoms with Gasteiger partial charge in [0.1, 0.15) is 5.34 Å². The summed E-state index contributed by atoms with van der Waals surface area (Å²) < 4.78 is 31.6. The zero-order chi connectivity index (χ0) is 25.7. The fourth-order valence-electron chi connectivity index (χ4n) is 2.35. The third-order valence-electron chi connectivity index (χ3n) is 3.58. The molecular formula is C18H15KN4O11S. The molecule has 0 aliphatic rings. The molecule has 4 aromatic rings. The molecule has 0 radical (unpaired) electrons. The van der Waals surface area contributed by atoms with Crippen LogP contribution in [0.4, 0.5) is 5.69 Å². The molecule has 0 aliphatic heterocycles. The molecule has 0 unspecified atom stereocenters. The number of H-pyrrole nitrogens is 2. The Kier molecular flexibility index (Phi) is 14.6. The number of pyridine rings is 2. The van der Waals surface area contributed by atoms with Gasteiger partial charge in [-0.15, -0.1) is 4.91 Å². The number of non-ortho nitro benzene ring substituents is 1. The molecule has 17 heteroatoms. The van der Waals surface area contributed by atoms with Gasteiger partial charge in [0.2, 0.25) is 11.1 Å². The fraction of sp³-hybridized carbons (Fsp3) is 0. The molecule has 4 N–H and O–H groups in total. The first kappa shape index (κ1) is 32.1. The maximum absolute atomic E-state index is 10.9. The Bertz CT molecular complexity index is 1480. The van der Waals surface area contributed by atoms with E-state index in [2.05, 4.69) is 15.0 Å². The predicted octanol–water partition coefficient (Wildman–Crippen LogP) is -1.72. The smallest absolute Gasteiger partial charge is 0.635 e. The van der Waals surface area contributed by atoms with Crippen LogP contribution in [-0.2, 0) is 15.4 Å². The largest absolute Gasteiger partial charge is 1.00 e. The molecule has 0 spiro atoms. The van der Waals surface area contributed by atoms with E-state index in [1.807, 2.05) is 30.3 Å². The Balaban J connectivity index is 0.000000491. The number of nitro groups is 1. The van der Waals surface area contributed by atoms with Gasteiger partial charge in [-0.3, -0.25) is 28.8 Å². The first-order valence-corrected chi connectivity index (χ1v) is 10.0. The van der Waals surface area contributed by atoms with Crippen LogP contribution in [0.1, 0.15) is 0 Å². The summed E-state index contributed by atoms with van der Waals surface area (Å²) in [5.41, 5.74) is 1.24. The van der Waals surface area contributed by atoms with E-state index in [4.69, 9.17) is 27.7 Å². The van der Waals surface area contributed by atoms with E-state index in [1.54, 1.807) is 6.07 Å². The third kappa shape index (κ3) is 13.6. The van der Waals surface area contributed by atoms with Crippen molar-refractivity contribution >= 4 is 37.9 Å². The van der Waals surface area contributed by atoms with Gasteiger partial charge in [0.15, 0.2) is 0 Å². The van der Waals surface area contributed by atoms with Crippen LogP contribution >= 0.6 is 0 Å². The molecule has 0 fully saturated rings. The first-order valence-electron chi connectivity index (χ1n) is 8.61. The maximum atomic E-state index is 10.9. The van der Waals surface area contributed by atoms with Gasteiger partial charge in [-0.25, -0.2) is 0 Å². The summed E-state index contributed by atoms with van der Waals surface area (Å²) in [7, 11) is -4.67. The number of aromatic nitrogens is 2. The molecule has 0 saturated carbocycles. The fourth-order valence-corrected chi connectivity index (χ4v) is 2.35. The number of benzene rings is 2. The zero-order valence-corrected chi connectivity index (χ0v) is 21.7. The molecule has 0 amide bonds. The SMILES string of the molecule is O=NO[O-].O=S(=O)(O)O.O=c1ccc2cc([N+](=O)[O-])ccc2[nH]1.O=c1ccc2ccccc2[nH]1.[K+]. The molecule has 4 rings (SSSR count). The minimum atomic E-state index is -4.67. The predicted molar refractivity (Wildman–Crippen MR) is 117 cm³/mol. The van der Waals surface area contributed by atoms with Crippen LogP contribution in [0.3, 0.4) is 0 Å². The Morgan fingerprint density at radius 1 is 0.857 bits per heavy atom. The molecule has 0 aliphatic carbocycles. The van der Waals surface area contributed by atoms with Gasteiger partial charge in [-0.2, -0.15) is 8.42 Å². The van der Waals surface area contributed by atoms with E-state index >= 15 is 0 Å². The second-order valence-corrected chi connectivity index (χ2v) is 6.75. The van der Waals surface area contributed by atoms with Gasteiger partial charge in [0.25, 0.3) is 5.69 Å². The molecular weight excluding hydrogens is 519 g/mol. The van der Waals surface area contributed by atoms with Gasteiger partial charge in [-0.1, -0.05) is 18.2 Å². The van der Waals surface area contributed by atoms with Crippen molar-refractivity contribution in [2.75, 3.05) is 0 Å². The molecule has 2 aromatic heterocycles. The van der Waals surface area contributed by atoms with Gasteiger partial charge in [-0.05, 0) is 29.7 Å². The van der Waals surface area contributed by atoms with Crippen molar-refractivity contribution < 1.29 is 84.1 Å². The van der Waals surface area contributed by atoms with Crippen LogP contribution in [0.5, 0.6) is 0 Å². The number of nitrogens with zero attached hydrogens (tertiary/aromatic N) is 2. The summed E-state index contributed by atoms with van der Waals surface area (Å²) in [6, 6.07) is 18.2. The molecule has 180 valence electrons. The van der Waals surface area contributed by atoms with Crippen LogP contribution in [0, 0.1) is 15.0 Å². The Labute approximate surface area is 237 Å². The molecule has 0 bridgehead atoms. The van der Waals surface area contributed by atoms with Gasteiger partial charge < -0.3 is 20.2 Å². The molecule has 0 saturated heterocycles. The zero-order valence-electron chi connectivity index (χ0n) is 17.7. The number of aromatic amines is 2. The molecule has 15 nitrogen and oxygen atoms in total. The second kappa shape index (κ2) is 15.9. The van der Waals surface area contributed by atoms with Crippen LogP contribution < -0.4 is 67.8 Å². The average Bonchev–Trinajstić information content (AvgIpc) is 2.78. The Morgan fingerprint density at radius 2 is 1.31 bits per heavy atom. The van der Waals surface area contributed by atoms with Crippen LogP contribution in [0.15, 0.2) is 81.7 Å². The van der Waals surface area contributed by atoms with Crippen molar-refractivity contribution in [1.29, 1.82) is 0 Å². The number of rotatable bonds is 2. The maximum Gasteiger partial charge on any atom is 1.00 e. The molecule has 2 heterocycles. The van der Waals surface area contributed by atoms with E-state index in [0.29, 0.717) is 10.9 Å². The van der Waals surface area contributed by atoms with Crippen molar-refractivity contribution in [2.45, 2.75) is 0 Å².